The fourth-order valence-electron chi connectivity index (χ4n) is 2.28. The van der Waals surface area contributed by atoms with Gasteiger partial charge in [-0.1, -0.05) is 33.6 Å². The van der Waals surface area contributed by atoms with Crippen LogP contribution in [0.2, 0.25) is 0 Å². The summed E-state index contributed by atoms with van der Waals surface area (Å²) in [5, 5.41) is 14.4. The van der Waals surface area contributed by atoms with Gasteiger partial charge in [-0.05, 0) is 12.8 Å². The second-order valence-electron chi connectivity index (χ2n) is 6.34. The van der Waals surface area contributed by atoms with Crippen LogP contribution >= 0.6 is 0 Å². The van der Waals surface area contributed by atoms with Crippen LogP contribution in [0.3, 0.4) is 0 Å². The molecule has 6 nitrogen and oxygen atoms in total. The molecular weight excluding hydrogens is 260 g/mol. The highest BCUT2D eigenvalue weighted by Crippen LogP contribution is 2.24. The van der Waals surface area contributed by atoms with Crippen molar-refractivity contribution in [3.8, 4) is 0 Å². The predicted octanol–water partition coefficient (Wildman–Crippen LogP) is 0.908. The molecule has 2 unspecified atom stereocenters. The summed E-state index contributed by atoms with van der Waals surface area (Å²) in [6.07, 6.45) is 3.07. The number of amides is 2. The topological polar surface area (TPSA) is 95.5 Å². The average Bonchev–Trinajstić information content (AvgIpc) is 2.35. The summed E-state index contributed by atoms with van der Waals surface area (Å²) in [6.45, 7) is 5.18. The highest BCUT2D eigenvalue weighted by Gasteiger charge is 2.32. The number of hydrogen-bond acceptors (Lipinski definition) is 3. The number of carboxylic acid groups (broad SMARTS) is 1. The molecule has 0 bridgehead atoms. The summed E-state index contributed by atoms with van der Waals surface area (Å²) >= 11 is 0. The zero-order valence-corrected chi connectivity index (χ0v) is 12.4. The van der Waals surface area contributed by atoms with E-state index in [1.165, 1.54) is 0 Å². The predicted molar refractivity (Wildman–Crippen MR) is 74.0 cm³/mol. The molecule has 0 aromatic carbocycles. The van der Waals surface area contributed by atoms with E-state index in [2.05, 4.69) is 10.6 Å². The Labute approximate surface area is 119 Å². The van der Waals surface area contributed by atoms with Gasteiger partial charge in [0, 0.05) is 11.5 Å². The Hall–Kier alpha value is -1.59. The highest BCUT2D eigenvalue weighted by atomic mass is 16.4. The molecular formula is C14H24N2O4. The molecule has 6 heteroatoms. The lowest BCUT2D eigenvalue weighted by Gasteiger charge is -2.29. The third-order valence-corrected chi connectivity index (χ3v) is 3.52. The molecule has 0 spiro atoms. The summed E-state index contributed by atoms with van der Waals surface area (Å²) in [5.41, 5.74) is -0.547. The summed E-state index contributed by atoms with van der Waals surface area (Å²) < 4.78 is 0. The van der Waals surface area contributed by atoms with Crippen LogP contribution in [0.1, 0.15) is 46.5 Å². The van der Waals surface area contributed by atoms with E-state index in [4.69, 9.17) is 5.11 Å². The first-order valence-electron chi connectivity index (χ1n) is 7.02. The number of rotatable bonds is 4. The van der Waals surface area contributed by atoms with Gasteiger partial charge >= 0.3 is 5.97 Å². The maximum absolute atomic E-state index is 11.8. The Morgan fingerprint density at radius 2 is 1.75 bits per heavy atom. The molecule has 20 heavy (non-hydrogen) atoms. The molecule has 1 aliphatic rings. The maximum atomic E-state index is 11.8. The lowest BCUT2D eigenvalue weighted by molar-refractivity contribution is -0.144. The summed E-state index contributed by atoms with van der Waals surface area (Å²) in [4.78, 5) is 34.6. The van der Waals surface area contributed by atoms with Crippen molar-refractivity contribution in [3.05, 3.63) is 0 Å². The first-order chi connectivity index (χ1) is 9.21. The van der Waals surface area contributed by atoms with E-state index >= 15 is 0 Å². The van der Waals surface area contributed by atoms with Gasteiger partial charge in [0.15, 0.2) is 0 Å². The fourth-order valence-corrected chi connectivity index (χ4v) is 2.28. The van der Waals surface area contributed by atoms with E-state index in [1.54, 1.807) is 20.8 Å². The van der Waals surface area contributed by atoms with E-state index in [-0.39, 0.29) is 24.4 Å². The molecule has 1 saturated carbocycles. The van der Waals surface area contributed by atoms with Crippen LogP contribution in [-0.2, 0) is 14.4 Å². The standard InChI is InChI=1S/C14H24N2O4/c1-14(2,3)13(20)15-8-11(17)16-10-7-5-4-6-9(10)12(18)19/h9-10H,4-8H2,1-3H3,(H,15,20)(H,16,17)(H,18,19). The van der Waals surface area contributed by atoms with E-state index in [0.717, 1.165) is 12.8 Å². The quantitative estimate of drug-likeness (QED) is 0.715. The van der Waals surface area contributed by atoms with Crippen molar-refractivity contribution in [2.45, 2.75) is 52.5 Å². The van der Waals surface area contributed by atoms with Crippen molar-refractivity contribution in [2.24, 2.45) is 11.3 Å². The maximum Gasteiger partial charge on any atom is 0.308 e. The van der Waals surface area contributed by atoms with Crippen LogP contribution in [0.5, 0.6) is 0 Å². The molecule has 2 atom stereocenters. The van der Waals surface area contributed by atoms with Gasteiger partial charge in [-0.2, -0.15) is 0 Å². The molecule has 114 valence electrons. The number of nitrogens with one attached hydrogen (secondary N) is 2. The van der Waals surface area contributed by atoms with Crippen LogP contribution in [0.25, 0.3) is 0 Å². The third-order valence-electron chi connectivity index (χ3n) is 3.52. The molecule has 0 aliphatic heterocycles. The number of carbonyl (C=O) groups excluding carboxylic acids is 2. The lowest BCUT2D eigenvalue weighted by Crippen LogP contribution is -2.49. The summed E-state index contributed by atoms with van der Waals surface area (Å²) in [7, 11) is 0. The van der Waals surface area contributed by atoms with Crippen molar-refractivity contribution in [1.82, 2.24) is 10.6 Å². The van der Waals surface area contributed by atoms with E-state index in [9.17, 15) is 14.4 Å². The smallest absolute Gasteiger partial charge is 0.308 e. The monoisotopic (exact) mass is 284 g/mol. The SMILES string of the molecule is CC(C)(C)C(=O)NCC(=O)NC1CCCCC1C(=O)O. The van der Waals surface area contributed by atoms with Crippen molar-refractivity contribution in [3.63, 3.8) is 0 Å². The van der Waals surface area contributed by atoms with Crippen molar-refractivity contribution in [2.75, 3.05) is 6.54 Å². The number of aliphatic carboxylic acids is 1. The van der Waals surface area contributed by atoms with Crippen molar-refractivity contribution >= 4 is 17.8 Å². The van der Waals surface area contributed by atoms with Gasteiger partial charge in [0.05, 0.1) is 12.5 Å². The second kappa shape index (κ2) is 6.72. The molecule has 0 heterocycles. The van der Waals surface area contributed by atoms with Gasteiger partial charge in [0.25, 0.3) is 0 Å². The molecule has 0 aromatic rings. The molecule has 3 N–H and O–H groups in total. The lowest BCUT2D eigenvalue weighted by atomic mass is 9.84. The fraction of sp³-hybridized carbons (Fsp3) is 0.786. The van der Waals surface area contributed by atoms with Gasteiger partial charge in [0.2, 0.25) is 11.8 Å². The molecule has 0 aromatic heterocycles. The number of carboxylic acids is 1. The molecule has 2 amide bonds. The van der Waals surface area contributed by atoms with Crippen LogP contribution < -0.4 is 10.6 Å². The van der Waals surface area contributed by atoms with Gasteiger partial charge in [-0.15, -0.1) is 0 Å². The minimum absolute atomic E-state index is 0.112. The van der Waals surface area contributed by atoms with Gasteiger partial charge < -0.3 is 15.7 Å². The average molecular weight is 284 g/mol. The number of carbonyl (C=O) groups is 3. The Bertz CT molecular complexity index is 387. The second-order valence-corrected chi connectivity index (χ2v) is 6.34. The van der Waals surface area contributed by atoms with Crippen LogP contribution in [-0.4, -0.2) is 35.5 Å². The van der Waals surface area contributed by atoms with Crippen molar-refractivity contribution < 1.29 is 19.5 Å². The molecule has 0 saturated heterocycles. The Balaban J connectivity index is 2.45. The Morgan fingerprint density at radius 3 is 2.30 bits per heavy atom. The van der Waals surface area contributed by atoms with Crippen molar-refractivity contribution in [1.29, 1.82) is 0 Å². The van der Waals surface area contributed by atoms with E-state index in [1.807, 2.05) is 0 Å². The third kappa shape index (κ3) is 4.83. The Morgan fingerprint density at radius 1 is 1.15 bits per heavy atom. The van der Waals surface area contributed by atoms with Gasteiger partial charge in [0.1, 0.15) is 0 Å². The van der Waals surface area contributed by atoms with E-state index < -0.39 is 17.3 Å². The highest BCUT2D eigenvalue weighted by molar-refractivity contribution is 5.87. The van der Waals surface area contributed by atoms with Gasteiger partial charge in [-0.3, -0.25) is 14.4 Å². The first-order valence-corrected chi connectivity index (χ1v) is 7.02. The molecule has 1 rings (SSSR count). The zero-order chi connectivity index (χ0) is 15.3. The number of hydrogen-bond donors (Lipinski definition) is 3. The largest absolute Gasteiger partial charge is 0.481 e. The minimum Gasteiger partial charge on any atom is -0.481 e. The van der Waals surface area contributed by atoms with Crippen LogP contribution in [0, 0.1) is 11.3 Å². The molecule has 1 fully saturated rings. The van der Waals surface area contributed by atoms with Crippen LogP contribution in [0.15, 0.2) is 0 Å². The molecule has 0 radical (unpaired) electrons. The Kier molecular flexibility index (Phi) is 5.53. The summed E-state index contributed by atoms with van der Waals surface area (Å²) in [6, 6.07) is -0.333. The zero-order valence-electron chi connectivity index (χ0n) is 12.4. The van der Waals surface area contributed by atoms with Crippen LogP contribution in [0.4, 0.5) is 0 Å². The summed E-state index contributed by atoms with van der Waals surface area (Å²) in [5.74, 6) is -1.92. The van der Waals surface area contributed by atoms with E-state index in [0.29, 0.717) is 12.8 Å². The van der Waals surface area contributed by atoms with Gasteiger partial charge in [-0.25, -0.2) is 0 Å². The minimum atomic E-state index is -0.867. The normalized spacial score (nSPS) is 22.9. The molecule has 1 aliphatic carbocycles. The first kappa shape index (κ1) is 16.5.